The fourth-order valence-electron chi connectivity index (χ4n) is 17.8. The number of carbonyl (C=O) groups is 9. The maximum absolute atomic E-state index is 14.9. The average Bonchev–Trinajstić information content (AvgIpc) is 1.59. The molecule has 4 fully saturated rings. The van der Waals surface area contributed by atoms with Gasteiger partial charge in [-0.25, -0.2) is 23.9 Å². The second kappa shape index (κ2) is 40.8. The molecule has 3 aromatic heterocycles. The number of aliphatic hydroxyl groups is 1. The van der Waals surface area contributed by atoms with E-state index in [1.165, 1.54) is 46.8 Å². The number of hydrogen-bond donors (Lipinski definition) is 1. The number of ketones is 4. The van der Waals surface area contributed by atoms with Crippen molar-refractivity contribution >= 4 is 53.2 Å². The normalized spacial score (nSPS) is 35.1. The van der Waals surface area contributed by atoms with Crippen LogP contribution in [0, 0.1) is 41.4 Å². The van der Waals surface area contributed by atoms with Crippen molar-refractivity contribution in [3.05, 3.63) is 115 Å². The molecular formula is C88H128N8O21. The van der Waals surface area contributed by atoms with E-state index in [4.69, 9.17) is 52.1 Å². The Morgan fingerprint density at radius 1 is 0.641 bits per heavy atom. The number of aliphatic hydroxyl groups excluding tert-OH is 1. The Morgan fingerprint density at radius 2 is 1.21 bits per heavy atom. The summed E-state index contributed by atoms with van der Waals surface area (Å²) in [6.07, 6.45) is 4.50. The second-order valence-corrected chi connectivity index (χ2v) is 33.6. The fraction of sp³-hybridized carbons (Fsp3) is 0.659. The zero-order valence-corrected chi connectivity index (χ0v) is 72.8. The van der Waals surface area contributed by atoms with Crippen LogP contribution in [-0.4, -0.2) is 262 Å². The van der Waals surface area contributed by atoms with E-state index in [0.29, 0.717) is 31.5 Å². The van der Waals surface area contributed by atoms with Crippen molar-refractivity contribution in [1.29, 1.82) is 0 Å². The standard InChI is InChI=1S/C46H69N5O10.C42H59N3O11/c1-13-36-46(14-2)40(51(44(56)61-46)19-18-50(11)26-32-21-34(25-48-23-32)33-16-15-17-47-24-33)29(5)37(52)27(3)22-45(8,57-12)41(30(6)38(53)31(7)42(55)59-36)60-43-39(54)35(49(9)10)20-28(4)58-43;1-12-32-42(13-2,56-40(50)45-20-19-43-24-45)23-26(4)33(46)25(3)22-41(8,51-11)36(28(6)34(47)29(7)37(48)53-32)55-39-35(31(44(9)10)21-27(5)52-39)54-38(49)30-17-15-14-16-18-30/h15-17,21,23-25,27-31,35-36,39-41,43,54H,13-14,18-20,22,26H2,1-12H3;14-20,23-25,27-29,31-32,35-36,39H,12-13,21-22H2,1-11H3/b;26-23+/t27-,28-,29+,30+,31-,35+,36-,39-,40-,41-,43?,45+,46-;25-,27-,28+,29-,31+,32-,35-,36-,39?,41+,42+/m11/s1. The first-order valence-electron chi connectivity index (χ1n) is 41.2. The van der Waals surface area contributed by atoms with Crippen LogP contribution >= 0.6 is 0 Å². The molecule has 1 amide bonds. The first-order chi connectivity index (χ1) is 55.2. The summed E-state index contributed by atoms with van der Waals surface area (Å²) in [5.41, 5.74) is -2.06. The van der Waals surface area contributed by atoms with Gasteiger partial charge in [-0.1, -0.05) is 86.6 Å². The van der Waals surface area contributed by atoms with Gasteiger partial charge in [0.2, 0.25) is 0 Å². The molecule has 0 bridgehead atoms. The maximum atomic E-state index is 14.9. The van der Waals surface area contributed by atoms with Gasteiger partial charge < -0.3 is 71.9 Å². The van der Waals surface area contributed by atoms with Gasteiger partial charge in [-0.15, -0.1) is 0 Å². The number of amides is 1. The van der Waals surface area contributed by atoms with Crippen LogP contribution < -0.4 is 0 Å². The smallest absolute Gasteiger partial charge is 0.420 e. The van der Waals surface area contributed by atoms with E-state index in [9.17, 15) is 48.3 Å². The van der Waals surface area contributed by atoms with Gasteiger partial charge in [0.1, 0.15) is 42.3 Å². The first-order valence-corrected chi connectivity index (χ1v) is 41.2. The molecule has 1 aromatic carbocycles. The molecule has 8 heterocycles. The van der Waals surface area contributed by atoms with E-state index in [2.05, 4.69) is 25.9 Å². The summed E-state index contributed by atoms with van der Waals surface area (Å²) in [6.45, 7) is 29.0. The highest BCUT2D eigenvalue weighted by Crippen LogP contribution is 2.46. The summed E-state index contributed by atoms with van der Waals surface area (Å²) in [5, 5.41) is 11.5. The summed E-state index contributed by atoms with van der Waals surface area (Å²) >= 11 is 0. The molecule has 0 aliphatic carbocycles. The van der Waals surface area contributed by atoms with Gasteiger partial charge in [0.05, 0.1) is 53.3 Å². The van der Waals surface area contributed by atoms with E-state index in [-0.39, 0.29) is 86.5 Å². The minimum Gasteiger partial charge on any atom is -0.457 e. The largest absolute Gasteiger partial charge is 0.457 e. The highest BCUT2D eigenvalue weighted by atomic mass is 16.7. The highest BCUT2D eigenvalue weighted by molar-refractivity contribution is 6.01. The quantitative estimate of drug-likeness (QED) is 0.0460. The fourth-order valence-corrected chi connectivity index (χ4v) is 17.8. The number of Topliss-reactive ketones (excluding diaryl/α,β-unsaturated/α-hetero) is 4. The summed E-state index contributed by atoms with van der Waals surface area (Å²) in [5.74, 6) is -10.2. The summed E-state index contributed by atoms with van der Waals surface area (Å²) in [7, 11) is 12.4. The molecule has 29 heteroatoms. The van der Waals surface area contributed by atoms with Gasteiger partial charge >= 0.3 is 30.1 Å². The molecule has 4 saturated heterocycles. The van der Waals surface area contributed by atoms with Gasteiger partial charge in [0, 0.05) is 118 Å². The third-order valence-electron chi connectivity index (χ3n) is 24.7. The lowest BCUT2D eigenvalue weighted by molar-refractivity contribution is -0.295. The third kappa shape index (κ3) is 21.6. The van der Waals surface area contributed by atoms with E-state index in [0.717, 1.165) is 21.3 Å². The van der Waals surface area contributed by atoms with Crippen molar-refractivity contribution in [2.24, 2.45) is 41.4 Å². The zero-order chi connectivity index (χ0) is 86.5. The maximum Gasteiger partial charge on any atom is 0.420 e. The number of rotatable bonds is 21. The molecule has 9 rings (SSSR count). The van der Waals surface area contributed by atoms with E-state index < -0.39 is 161 Å². The van der Waals surface area contributed by atoms with Crippen molar-refractivity contribution in [3.8, 4) is 11.1 Å². The number of imidazole rings is 1. The lowest BCUT2D eigenvalue weighted by Gasteiger charge is -2.47. The molecule has 0 spiro atoms. The number of benzene rings is 1. The van der Waals surface area contributed by atoms with E-state index >= 15 is 0 Å². The Morgan fingerprint density at radius 3 is 1.74 bits per heavy atom. The Balaban J connectivity index is 0.000000293. The number of fused-ring (bicyclic) bond motifs is 1. The molecule has 117 heavy (non-hydrogen) atoms. The predicted octanol–water partition coefficient (Wildman–Crippen LogP) is 11.0. The summed E-state index contributed by atoms with van der Waals surface area (Å²) < 4.78 is 70.4. The van der Waals surface area contributed by atoms with Crippen molar-refractivity contribution in [3.63, 3.8) is 0 Å². The highest BCUT2D eigenvalue weighted by Gasteiger charge is 2.63. The number of ether oxygens (including phenoxy) is 11. The Bertz CT molecular complexity index is 4060. The Labute approximate surface area is 690 Å². The monoisotopic (exact) mass is 1630 g/mol. The molecule has 0 radical (unpaired) electrons. The van der Waals surface area contributed by atoms with Gasteiger partial charge in [-0.05, 0) is 177 Å². The molecule has 5 aliphatic rings. The van der Waals surface area contributed by atoms with E-state index in [1.807, 2.05) is 105 Å². The van der Waals surface area contributed by atoms with Crippen LogP contribution in [0.15, 0.2) is 104 Å². The number of carbonyl (C=O) groups excluding carboxylic acids is 9. The molecule has 0 saturated carbocycles. The molecule has 2 unspecified atom stereocenters. The number of hydrogen-bond acceptors (Lipinski definition) is 27. The molecule has 646 valence electrons. The first kappa shape index (κ1) is 94.4. The molecule has 1 N–H and O–H groups in total. The van der Waals surface area contributed by atoms with Gasteiger partial charge in [0.25, 0.3) is 0 Å². The molecule has 4 aromatic rings. The number of aromatic nitrogens is 4. The Hall–Kier alpha value is -8.10. The molecule has 5 aliphatic heterocycles. The van der Waals surface area contributed by atoms with Gasteiger partial charge in [0.15, 0.2) is 47.2 Å². The minimum absolute atomic E-state index is 0.0770. The lowest BCUT2D eigenvalue weighted by atomic mass is 9.72. The molecule has 29 nitrogen and oxygen atoms in total. The van der Waals surface area contributed by atoms with Gasteiger partial charge in [-0.3, -0.25) is 43.6 Å². The SMILES string of the molecule is CC[C@H]1OC(=O)[C@H](C)C(=O)[C@H](C)[C@@H](OC2O[C@H](C)C[C@H](N(C)C)[C@H]2O)[C@@](C)(OC)C[C@@H](C)C(=O)[C@H](C)[C@H]2N(CCN(C)Cc3cncc(-c4cccnc4)c3)C(=O)O[C@]12CC.CC[C@H]1OC(=O)[C@H](C)C(=O)[C@H](C)[C@@H](OC2O[C@H](C)C[C@H](N(C)C)[C@H]2OC(=O)c2ccccc2)[C@@](C)(OC)C[C@@H](C)C(=O)/C(C)=C/[C@]1(CC)OC(=O)n1ccnc1. The van der Waals surface area contributed by atoms with Gasteiger partial charge in [-0.2, -0.15) is 0 Å². The van der Waals surface area contributed by atoms with Crippen LogP contribution in [0.2, 0.25) is 0 Å². The van der Waals surface area contributed by atoms with Crippen molar-refractivity contribution < 1.29 is 100 Å². The lowest BCUT2D eigenvalue weighted by Crippen LogP contribution is -2.61. The van der Waals surface area contributed by atoms with Crippen LogP contribution in [0.1, 0.15) is 178 Å². The topological polar surface area (TPSA) is 332 Å². The number of cyclic esters (lactones) is 2. The van der Waals surface area contributed by atoms with Crippen LogP contribution in [-0.2, 0) is 87.4 Å². The van der Waals surface area contributed by atoms with Crippen molar-refractivity contribution in [1.82, 2.24) is 39.1 Å². The third-order valence-corrected chi connectivity index (χ3v) is 24.7. The van der Waals surface area contributed by atoms with Crippen LogP contribution in [0.4, 0.5) is 9.59 Å². The molecular weight excluding hydrogens is 1510 g/mol. The number of allylic oxidation sites excluding steroid dienone is 1. The minimum atomic E-state index is -1.57. The number of likely N-dealkylation sites (N-methyl/N-ethyl adjacent to an activating group) is 3. The molecule has 24 atom stereocenters. The number of pyridine rings is 2. The number of nitrogens with zero attached hydrogens (tertiary/aromatic N) is 8. The van der Waals surface area contributed by atoms with Crippen LogP contribution in [0.25, 0.3) is 11.1 Å². The summed E-state index contributed by atoms with van der Waals surface area (Å²) in [6, 6.07) is 13.1. The number of esters is 3. The summed E-state index contributed by atoms with van der Waals surface area (Å²) in [4.78, 5) is 147. The van der Waals surface area contributed by atoms with Crippen LogP contribution in [0.5, 0.6) is 0 Å². The van der Waals surface area contributed by atoms with Crippen molar-refractivity contribution in [2.45, 2.75) is 271 Å². The Kier molecular flexibility index (Phi) is 32.9. The van der Waals surface area contributed by atoms with Crippen LogP contribution in [0.3, 0.4) is 0 Å². The second-order valence-electron chi connectivity index (χ2n) is 33.6. The zero-order valence-electron chi connectivity index (χ0n) is 72.8. The van der Waals surface area contributed by atoms with Crippen molar-refractivity contribution in [2.75, 3.05) is 62.5 Å². The predicted molar refractivity (Wildman–Crippen MR) is 434 cm³/mol. The average molecular weight is 1630 g/mol. The number of methoxy groups -OCH3 is 2. The van der Waals surface area contributed by atoms with E-state index in [1.54, 1.807) is 115 Å².